The second kappa shape index (κ2) is 6.84. The molecule has 2 aliphatic rings. The van der Waals surface area contributed by atoms with Crippen LogP contribution in [0.4, 0.5) is 0 Å². The second-order valence-corrected chi connectivity index (χ2v) is 6.71. The molecule has 0 saturated carbocycles. The van der Waals surface area contributed by atoms with Gasteiger partial charge in [-0.15, -0.1) is 0 Å². The van der Waals surface area contributed by atoms with Crippen molar-refractivity contribution in [3.8, 4) is 17.0 Å². The van der Waals surface area contributed by atoms with Gasteiger partial charge < -0.3 is 14.8 Å². The van der Waals surface area contributed by atoms with Gasteiger partial charge in [-0.3, -0.25) is 9.78 Å². The van der Waals surface area contributed by atoms with E-state index in [1.807, 2.05) is 18.2 Å². The minimum Gasteiger partial charge on any atom is -0.487 e. The molecule has 1 fully saturated rings. The van der Waals surface area contributed by atoms with Crippen molar-refractivity contribution in [1.29, 1.82) is 0 Å². The zero-order chi connectivity index (χ0) is 17.2. The highest BCUT2D eigenvalue weighted by molar-refractivity contribution is 5.81. The number of carbonyl (C=O) groups excluding carboxylic acids is 1. The number of benzene rings is 1. The van der Waals surface area contributed by atoms with Crippen LogP contribution in [0.15, 0.2) is 36.5 Å². The van der Waals surface area contributed by atoms with Gasteiger partial charge in [0.1, 0.15) is 18.0 Å². The summed E-state index contributed by atoms with van der Waals surface area (Å²) in [4.78, 5) is 16.6. The zero-order valence-electron chi connectivity index (χ0n) is 14.3. The number of fused-ring (bicyclic) bond motifs is 1. The van der Waals surface area contributed by atoms with E-state index in [2.05, 4.69) is 29.4 Å². The van der Waals surface area contributed by atoms with Crippen molar-refractivity contribution in [3.63, 3.8) is 0 Å². The fourth-order valence-electron chi connectivity index (χ4n) is 3.53. The summed E-state index contributed by atoms with van der Waals surface area (Å²) in [6.07, 6.45) is 4.00. The fraction of sp³-hybridized carbons (Fsp3) is 0.400. The van der Waals surface area contributed by atoms with Crippen molar-refractivity contribution >= 4 is 5.91 Å². The molecule has 0 unspecified atom stereocenters. The van der Waals surface area contributed by atoms with E-state index in [0.29, 0.717) is 13.2 Å². The van der Waals surface area contributed by atoms with Gasteiger partial charge in [-0.25, -0.2) is 0 Å². The summed E-state index contributed by atoms with van der Waals surface area (Å²) in [6.45, 7) is 3.25. The summed E-state index contributed by atoms with van der Waals surface area (Å²) in [5.74, 6) is 0.860. The van der Waals surface area contributed by atoms with Crippen LogP contribution in [0.1, 0.15) is 24.0 Å². The number of aromatic nitrogens is 1. The van der Waals surface area contributed by atoms with Gasteiger partial charge in [-0.1, -0.05) is 12.1 Å². The number of ether oxygens (including phenoxy) is 2. The number of aryl methyl sites for hydroxylation is 1. The maximum Gasteiger partial charge on any atom is 0.249 e. The van der Waals surface area contributed by atoms with Crippen molar-refractivity contribution in [2.75, 3.05) is 13.2 Å². The first-order chi connectivity index (χ1) is 12.2. The molecule has 0 aliphatic carbocycles. The van der Waals surface area contributed by atoms with Gasteiger partial charge in [-0.05, 0) is 49.1 Å². The number of hydrogen-bond acceptors (Lipinski definition) is 4. The van der Waals surface area contributed by atoms with Gasteiger partial charge in [0.05, 0.1) is 12.2 Å². The third-order valence-corrected chi connectivity index (χ3v) is 4.71. The zero-order valence-corrected chi connectivity index (χ0v) is 14.3. The number of nitrogens with one attached hydrogen (secondary N) is 1. The average molecular weight is 338 g/mol. The van der Waals surface area contributed by atoms with Crippen LogP contribution in [0.2, 0.25) is 0 Å². The lowest BCUT2D eigenvalue weighted by atomic mass is 10.0. The van der Waals surface area contributed by atoms with Gasteiger partial charge in [0.2, 0.25) is 5.91 Å². The smallest absolute Gasteiger partial charge is 0.249 e. The third kappa shape index (κ3) is 3.37. The molecular weight excluding hydrogens is 316 g/mol. The Morgan fingerprint density at radius 2 is 2.28 bits per heavy atom. The van der Waals surface area contributed by atoms with Gasteiger partial charge in [0, 0.05) is 24.8 Å². The van der Waals surface area contributed by atoms with Crippen molar-refractivity contribution in [1.82, 2.24) is 10.3 Å². The Morgan fingerprint density at radius 1 is 1.36 bits per heavy atom. The number of carbonyl (C=O) groups is 1. The number of amides is 1. The van der Waals surface area contributed by atoms with Crippen LogP contribution >= 0.6 is 0 Å². The van der Waals surface area contributed by atoms with Crippen LogP contribution in [0, 0.1) is 6.92 Å². The normalized spacial score (nSPS) is 21.6. The minimum atomic E-state index is -0.296. The van der Waals surface area contributed by atoms with Crippen LogP contribution < -0.4 is 10.1 Å². The molecule has 1 aromatic carbocycles. The summed E-state index contributed by atoms with van der Waals surface area (Å²) in [5, 5.41) is 2.97. The van der Waals surface area contributed by atoms with Crippen molar-refractivity contribution in [3.05, 3.63) is 47.7 Å². The van der Waals surface area contributed by atoms with E-state index in [4.69, 9.17) is 9.47 Å². The molecule has 0 bridgehead atoms. The second-order valence-electron chi connectivity index (χ2n) is 6.71. The first-order valence-electron chi connectivity index (χ1n) is 8.81. The van der Waals surface area contributed by atoms with E-state index in [1.54, 1.807) is 6.20 Å². The largest absolute Gasteiger partial charge is 0.487 e. The van der Waals surface area contributed by atoms with Crippen molar-refractivity contribution in [2.24, 2.45) is 0 Å². The highest BCUT2D eigenvalue weighted by Gasteiger charge is 2.29. The fourth-order valence-corrected chi connectivity index (χ4v) is 3.53. The Balaban J connectivity index is 1.48. The molecule has 4 rings (SSSR count). The van der Waals surface area contributed by atoms with E-state index >= 15 is 0 Å². The molecule has 1 amide bonds. The summed E-state index contributed by atoms with van der Waals surface area (Å²) in [6, 6.07) is 10.1. The van der Waals surface area contributed by atoms with Crippen LogP contribution in [-0.4, -0.2) is 36.3 Å². The molecule has 2 aromatic rings. The maximum absolute atomic E-state index is 12.1. The molecule has 1 saturated heterocycles. The molecule has 130 valence electrons. The van der Waals surface area contributed by atoms with Gasteiger partial charge in [0.25, 0.3) is 0 Å². The summed E-state index contributed by atoms with van der Waals surface area (Å²) in [5.41, 5.74) is 4.29. The highest BCUT2D eigenvalue weighted by atomic mass is 16.5. The number of hydrogen-bond donors (Lipinski definition) is 1. The molecule has 0 radical (unpaired) electrons. The number of rotatable bonds is 4. The Hall–Kier alpha value is -2.40. The molecule has 25 heavy (non-hydrogen) atoms. The summed E-state index contributed by atoms with van der Waals surface area (Å²) in [7, 11) is 0. The Kier molecular flexibility index (Phi) is 4.40. The summed E-state index contributed by atoms with van der Waals surface area (Å²) >= 11 is 0. The molecule has 5 heteroatoms. The molecule has 2 atom stereocenters. The Bertz CT molecular complexity index is 770. The molecule has 2 aliphatic heterocycles. The minimum absolute atomic E-state index is 0.0295. The molecule has 0 spiro atoms. The van der Waals surface area contributed by atoms with Crippen LogP contribution in [0.3, 0.4) is 0 Å². The van der Waals surface area contributed by atoms with E-state index in [1.165, 1.54) is 11.1 Å². The lowest BCUT2D eigenvalue weighted by Crippen LogP contribution is -2.40. The first-order valence-corrected chi connectivity index (χ1v) is 8.81. The average Bonchev–Trinajstić information content (AvgIpc) is 3.29. The Labute approximate surface area is 147 Å². The Morgan fingerprint density at radius 3 is 3.04 bits per heavy atom. The number of nitrogens with zero attached hydrogens (tertiary/aromatic N) is 1. The lowest BCUT2D eigenvalue weighted by molar-refractivity contribution is -0.130. The monoisotopic (exact) mass is 338 g/mol. The topological polar surface area (TPSA) is 60.5 Å². The van der Waals surface area contributed by atoms with Crippen molar-refractivity contribution < 1.29 is 14.3 Å². The first kappa shape index (κ1) is 16.1. The summed E-state index contributed by atoms with van der Waals surface area (Å²) < 4.78 is 11.6. The van der Waals surface area contributed by atoms with E-state index in [9.17, 15) is 4.79 Å². The lowest BCUT2D eigenvalue weighted by Gasteiger charge is -2.15. The predicted molar refractivity (Wildman–Crippen MR) is 94.5 cm³/mol. The van der Waals surface area contributed by atoms with Crippen LogP contribution in [-0.2, 0) is 16.0 Å². The maximum atomic E-state index is 12.1. The standard InChI is InChI=1S/C20H22N2O3/c1-13-9-14-11-15(12-22-20(23)18-6-4-8-24-18)25-19(14)16(10-13)17-5-2-3-7-21-17/h2-3,5,7,9-10,15,18H,4,6,8,11-12H2,1H3,(H,22,23)/t15-,18+/m0/s1. The van der Waals surface area contributed by atoms with E-state index < -0.39 is 0 Å². The third-order valence-electron chi connectivity index (χ3n) is 4.71. The quantitative estimate of drug-likeness (QED) is 0.931. The number of pyridine rings is 1. The predicted octanol–water partition coefficient (Wildman–Crippen LogP) is 2.66. The van der Waals surface area contributed by atoms with Crippen LogP contribution in [0.5, 0.6) is 5.75 Å². The van der Waals surface area contributed by atoms with Crippen LogP contribution in [0.25, 0.3) is 11.3 Å². The molecule has 1 aromatic heterocycles. The van der Waals surface area contributed by atoms with Gasteiger partial charge in [-0.2, -0.15) is 0 Å². The SMILES string of the molecule is Cc1cc2c(c(-c3ccccn3)c1)O[C@H](CNC(=O)[C@H]1CCCO1)C2. The molecule has 3 heterocycles. The van der Waals surface area contributed by atoms with Gasteiger partial charge >= 0.3 is 0 Å². The molecular formula is C20H22N2O3. The highest BCUT2D eigenvalue weighted by Crippen LogP contribution is 2.39. The molecule has 5 nitrogen and oxygen atoms in total. The van der Waals surface area contributed by atoms with Gasteiger partial charge in [0.15, 0.2) is 0 Å². The molecule has 1 N–H and O–H groups in total. The van der Waals surface area contributed by atoms with E-state index in [0.717, 1.165) is 36.3 Å². The van der Waals surface area contributed by atoms with E-state index in [-0.39, 0.29) is 18.1 Å². The van der Waals surface area contributed by atoms with Crippen molar-refractivity contribution in [2.45, 2.75) is 38.4 Å².